The summed E-state index contributed by atoms with van der Waals surface area (Å²) in [7, 11) is 0. The van der Waals surface area contributed by atoms with Gasteiger partial charge in [-0.1, -0.05) is 6.07 Å². The maximum Gasteiger partial charge on any atom is 0.387 e. The fourth-order valence-electron chi connectivity index (χ4n) is 2.21. The van der Waals surface area contributed by atoms with Gasteiger partial charge in [-0.15, -0.1) is 0 Å². The van der Waals surface area contributed by atoms with Gasteiger partial charge in [-0.05, 0) is 37.5 Å². The summed E-state index contributed by atoms with van der Waals surface area (Å²) >= 11 is 0. The lowest BCUT2D eigenvalue weighted by molar-refractivity contribution is -0.0495. The molecule has 5 heteroatoms. The molecule has 0 radical (unpaired) electrons. The monoisotopic (exact) mass is 256 g/mol. The van der Waals surface area contributed by atoms with E-state index in [-0.39, 0.29) is 11.8 Å². The SMILES string of the molecule is Cc1ccc(OC(F)F)c(N2CCC(N)CC2)c1. The van der Waals surface area contributed by atoms with E-state index in [9.17, 15) is 8.78 Å². The first kappa shape index (κ1) is 13.1. The Bertz CT molecular complexity index is 404. The van der Waals surface area contributed by atoms with Crippen LogP contribution in [-0.2, 0) is 0 Å². The number of hydrogen-bond donors (Lipinski definition) is 1. The summed E-state index contributed by atoms with van der Waals surface area (Å²) < 4.78 is 29.3. The molecule has 1 aliphatic heterocycles. The van der Waals surface area contributed by atoms with E-state index in [0.29, 0.717) is 0 Å². The van der Waals surface area contributed by atoms with Crippen molar-refractivity contribution in [3.05, 3.63) is 23.8 Å². The first-order chi connectivity index (χ1) is 8.56. The zero-order valence-electron chi connectivity index (χ0n) is 10.4. The van der Waals surface area contributed by atoms with E-state index in [0.717, 1.165) is 37.2 Å². The van der Waals surface area contributed by atoms with Crippen molar-refractivity contribution >= 4 is 5.69 Å². The van der Waals surface area contributed by atoms with E-state index in [1.807, 2.05) is 13.0 Å². The average Bonchev–Trinajstić information content (AvgIpc) is 2.32. The number of anilines is 1. The number of hydrogen-bond acceptors (Lipinski definition) is 3. The van der Waals surface area contributed by atoms with Crippen LogP contribution in [0.1, 0.15) is 18.4 Å². The second kappa shape index (κ2) is 5.52. The lowest BCUT2D eigenvalue weighted by atomic mass is 10.0. The van der Waals surface area contributed by atoms with Crippen LogP contribution in [0.4, 0.5) is 14.5 Å². The van der Waals surface area contributed by atoms with E-state index in [1.54, 1.807) is 12.1 Å². The molecular weight excluding hydrogens is 238 g/mol. The number of alkyl halides is 2. The number of piperidine rings is 1. The topological polar surface area (TPSA) is 38.5 Å². The van der Waals surface area contributed by atoms with Crippen molar-refractivity contribution in [2.75, 3.05) is 18.0 Å². The highest BCUT2D eigenvalue weighted by atomic mass is 19.3. The third-order valence-corrected chi connectivity index (χ3v) is 3.21. The van der Waals surface area contributed by atoms with Crippen molar-refractivity contribution in [1.82, 2.24) is 0 Å². The van der Waals surface area contributed by atoms with Gasteiger partial charge in [-0.25, -0.2) is 0 Å². The molecule has 1 aromatic rings. The first-order valence-electron chi connectivity index (χ1n) is 6.12. The van der Waals surface area contributed by atoms with Crippen molar-refractivity contribution in [2.45, 2.75) is 32.4 Å². The summed E-state index contributed by atoms with van der Waals surface area (Å²) in [5.74, 6) is 0.242. The Kier molecular flexibility index (Phi) is 4.01. The molecule has 1 heterocycles. The average molecular weight is 256 g/mol. The third kappa shape index (κ3) is 3.10. The Morgan fingerprint density at radius 1 is 1.33 bits per heavy atom. The smallest absolute Gasteiger partial charge is 0.387 e. The zero-order chi connectivity index (χ0) is 13.1. The highest BCUT2D eigenvalue weighted by Gasteiger charge is 2.20. The van der Waals surface area contributed by atoms with Crippen LogP contribution in [0.2, 0.25) is 0 Å². The van der Waals surface area contributed by atoms with Crippen LogP contribution >= 0.6 is 0 Å². The van der Waals surface area contributed by atoms with Gasteiger partial charge in [0.05, 0.1) is 5.69 Å². The molecule has 1 fully saturated rings. The predicted molar refractivity (Wildman–Crippen MR) is 67.2 cm³/mol. The van der Waals surface area contributed by atoms with Gasteiger partial charge >= 0.3 is 6.61 Å². The molecule has 1 aliphatic rings. The molecule has 0 atom stereocenters. The minimum Gasteiger partial charge on any atom is -0.433 e. The summed E-state index contributed by atoms with van der Waals surface area (Å²) in [6, 6.07) is 5.47. The van der Waals surface area contributed by atoms with Crippen LogP contribution in [0.25, 0.3) is 0 Å². The summed E-state index contributed by atoms with van der Waals surface area (Å²) in [4.78, 5) is 2.06. The van der Waals surface area contributed by atoms with Crippen molar-refractivity contribution in [3.63, 3.8) is 0 Å². The van der Waals surface area contributed by atoms with E-state index in [1.165, 1.54) is 0 Å². The summed E-state index contributed by atoms with van der Waals surface area (Å²) in [5.41, 5.74) is 7.61. The van der Waals surface area contributed by atoms with Crippen molar-refractivity contribution < 1.29 is 13.5 Å². The van der Waals surface area contributed by atoms with Gasteiger partial charge in [-0.3, -0.25) is 0 Å². The molecule has 3 nitrogen and oxygen atoms in total. The van der Waals surface area contributed by atoms with Crippen molar-refractivity contribution in [2.24, 2.45) is 5.73 Å². The maximum absolute atomic E-state index is 12.4. The van der Waals surface area contributed by atoms with Gasteiger partial charge < -0.3 is 15.4 Å². The minimum absolute atomic E-state index is 0.213. The molecule has 1 aromatic carbocycles. The standard InChI is InChI=1S/C13H18F2N2O/c1-9-2-3-12(18-13(14)15)11(8-9)17-6-4-10(16)5-7-17/h2-3,8,10,13H,4-7,16H2,1H3. The number of nitrogens with two attached hydrogens (primary N) is 1. The van der Waals surface area contributed by atoms with Crippen molar-refractivity contribution in [1.29, 1.82) is 0 Å². The Balaban J connectivity index is 2.21. The van der Waals surface area contributed by atoms with Gasteiger partial charge in [0.2, 0.25) is 0 Å². The highest BCUT2D eigenvalue weighted by molar-refractivity contribution is 5.60. The molecule has 18 heavy (non-hydrogen) atoms. The largest absolute Gasteiger partial charge is 0.433 e. The van der Waals surface area contributed by atoms with Crippen LogP contribution in [-0.4, -0.2) is 25.7 Å². The molecule has 2 rings (SSSR count). The number of benzene rings is 1. The molecule has 0 aliphatic carbocycles. The van der Waals surface area contributed by atoms with E-state index in [2.05, 4.69) is 9.64 Å². The highest BCUT2D eigenvalue weighted by Crippen LogP contribution is 2.32. The zero-order valence-corrected chi connectivity index (χ0v) is 10.4. The second-order valence-electron chi connectivity index (χ2n) is 4.67. The lowest BCUT2D eigenvalue weighted by Crippen LogP contribution is -2.39. The van der Waals surface area contributed by atoms with Gasteiger partial charge in [0.1, 0.15) is 5.75 Å². The lowest BCUT2D eigenvalue weighted by Gasteiger charge is -2.33. The Labute approximate surface area is 106 Å². The Morgan fingerprint density at radius 3 is 2.61 bits per heavy atom. The minimum atomic E-state index is -2.79. The van der Waals surface area contributed by atoms with Crippen LogP contribution in [0.5, 0.6) is 5.75 Å². The molecule has 0 spiro atoms. The van der Waals surface area contributed by atoms with Crippen LogP contribution < -0.4 is 15.4 Å². The fraction of sp³-hybridized carbons (Fsp3) is 0.538. The quantitative estimate of drug-likeness (QED) is 0.903. The maximum atomic E-state index is 12.4. The summed E-state index contributed by atoms with van der Waals surface area (Å²) in [5, 5.41) is 0. The van der Waals surface area contributed by atoms with Crippen molar-refractivity contribution in [3.8, 4) is 5.75 Å². The molecule has 0 aromatic heterocycles. The number of aryl methyl sites for hydroxylation is 1. The fourth-order valence-corrected chi connectivity index (χ4v) is 2.21. The van der Waals surface area contributed by atoms with E-state index < -0.39 is 6.61 Å². The first-order valence-corrected chi connectivity index (χ1v) is 6.12. The molecule has 100 valence electrons. The molecule has 1 saturated heterocycles. The van der Waals surface area contributed by atoms with E-state index in [4.69, 9.17) is 5.73 Å². The van der Waals surface area contributed by atoms with Crippen LogP contribution in [0.3, 0.4) is 0 Å². The number of ether oxygens (including phenoxy) is 1. The second-order valence-corrected chi connectivity index (χ2v) is 4.67. The number of nitrogens with zero attached hydrogens (tertiary/aromatic N) is 1. The van der Waals surface area contributed by atoms with Gasteiger partial charge in [0, 0.05) is 19.1 Å². The molecule has 0 saturated carbocycles. The molecule has 0 amide bonds. The Hall–Kier alpha value is -1.36. The molecular formula is C13H18F2N2O. The van der Waals surface area contributed by atoms with Crippen LogP contribution in [0, 0.1) is 6.92 Å². The number of rotatable bonds is 3. The van der Waals surface area contributed by atoms with Gasteiger partial charge in [0.15, 0.2) is 0 Å². The van der Waals surface area contributed by atoms with E-state index >= 15 is 0 Å². The molecule has 2 N–H and O–H groups in total. The predicted octanol–water partition coefficient (Wildman–Crippen LogP) is 2.52. The molecule has 0 bridgehead atoms. The van der Waals surface area contributed by atoms with Gasteiger partial charge in [0.25, 0.3) is 0 Å². The Morgan fingerprint density at radius 2 is 2.00 bits per heavy atom. The van der Waals surface area contributed by atoms with Gasteiger partial charge in [-0.2, -0.15) is 8.78 Å². The summed E-state index contributed by atoms with van der Waals surface area (Å²) in [6.45, 7) is 0.707. The summed E-state index contributed by atoms with van der Waals surface area (Å²) in [6.07, 6.45) is 1.75. The number of halogens is 2. The molecule has 0 unspecified atom stereocenters. The normalized spacial score (nSPS) is 17.3. The third-order valence-electron chi connectivity index (χ3n) is 3.21. The van der Waals surface area contributed by atoms with Crippen LogP contribution in [0.15, 0.2) is 18.2 Å².